The summed E-state index contributed by atoms with van der Waals surface area (Å²) in [5.41, 5.74) is 0.194. The van der Waals surface area contributed by atoms with Crippen molar-refractivity contribution in [3.05, 3.63) is 59.7 Å². The van der Waals surface area contributed by atoms with E-state index in [0.717, 1.165) is 30.9 Å². The molecule has 33 heavy (non-hydrogen) atoms. The van der Waals surface area contributed by atoms with E-state index in [0.29, 0.717) is 32.5 Å². The van der Waals surface area contributed by atoms with Crippen LogP contribution in [0, 0.1) is 18.6 Å². The van der Waals surface area contributed by atoms with Crippen LogP contribution < -0.4 is 9.64 Å². The molecule has 2 fully saturated rings. The van der Waals surface area contributed by atoms with E-state index in [2.05, 4.69) is 36.1 Å². The first-order valence-corrected chi connectivity index (χ1v) is 11.4. The van der Waals surface area contributed by atoms with Gasteiger partial charge in [0.1, 0.15) is 18.0 Å². The summed E-state index contributed by atoms with van der Waals surface area (Å²) in [6, 6.07) is 11.7. The topological polar surface area (TPSA) is 65.4 Å². The quantitative estimate of drug-likeness (QED) is 0.689. The van der Waals surface area contributed by atoms with Gasteiger partial charge in [-0.25, -0.2) is 8.78 Å². The van der Waals surface area contributed by atoms with Crippen molar-refractivity contribution in [1.29, 1.82) is 0 Å². The smallest absolute Gasteiger partial charge is 0.162 e. The Morgan fingerprint density at radius 1 is 0.970 bits per heavy atom. The standard InChI is InChI=1S/C25H32F2N2O4/c1-19-2-4-20(5-3-19)29-10-8-24(30,9-11-29)15-28-12-13-32-17-25(31,16-28)18-33-21-6-7-22(26)23(27)14-21/h2-7,14,30-31H,8-13,15-18H2,1H3/t25-/m1/s1. The van der Waals surface area contributed by atoms with Crippen molar-refractivity contribution in [2.24, 2.45) is 0 Å². The number of benzene rings is 2. The zero-order chi connectivity index (χ0) is 23.5. The molecule has 2 aliphatic heterocycles. The Morgan fingerprint density at radius 3 is 2.39 bits per heavy atom. The third-order valence-corrected chi connectivity index (χ3v) is 6.45. The summed E-state index contributed by atoms with van der Waals surface area (Å²) in [5.74, 6) is -1.82. The van der Waals surface area contributed by atoms with Gasteiger partial charge in [-0.2, -0.15) is 0 Å². The van der Waals surface area contributed by atoms with Gasteiger partial charge in [0, 0.05) is 44.5 Å². The highest BCUT2D eigenvalue weighted by Crippen LogP contribution is 2.28. The molecule has 0 radical (unpaired) electrons. The first-order chi connectivity index (χ1) is 15.7. The zero-order valence-corrected chi connectivity index (χ0v) is 19.0. The third-order valence-electron chi connectivity index (χ3n) is 6.45. The average molecular weight is 463 g/mol. The second-order valence-electron chi connectivity index (χ2n) is 9.40. The molecule has 0 unspecified atom stereocenters. The van der Waals surface area contributed by atoms with Gasteiger partial charge in [0.25, 0.3) is 0 Å². The van der Waals surface area contributed by atoms with Crippen molar-refractivity contribution < 1.29 is 28.5 Å². The van der Waals surface area contributed by atoms with E-state index in [1.165, 1.54) is 11.6 Å². The van der Waals surface area contributed by atoms with Crippen LogP contribution in [0.25, 0.3) is 0 Å². The van der Waals surface area contributed by atoms with Crippen LogP contribution >= 0.6 is 0 Å². The SMILES string of the molecule is Cc1ccc(N2CCC(O)(CN3CCOC[C@@](O)(COc4ccc(F)c(F)c4)C3)CC2)cc1. The minimum atomic E-state index is -1.33. The lowest BCUT2D eigenvalue weighted by Gasteiger charge is -2.42. The Bertz CT molecular complexity index is 935. The fraction of sp³-hybridized carbons (Fsp3) is 0.520. The largest absolute Gasteiger partial charge is 0.490 e. The molecule has 0 bridgehead atoms. The van der Waals surface area contributed by atoms with Crippen molar-refractivity contribution in [3.8, 4) is 5.75 Å². The highest BCUT2D eigenvalue weighted by Gasteiger charge is 2.39. The molecule has 0 spiro atoms. The highest BCUT2D eigenvalue weighted by atomic mass is 19.2. The van der Waals surface area contributed by atoms with E-state index < -0.39 is 22.8 Å². The molecular weight excluding hydrogens is 430 g/mol. The number of hydrogen-bond donors (Lipinski definition) is 2. The number of ether oxygens (including phenoxy) is 2. The molecule has 2 aliphatic rings. The lowest BCUT2D eigenvalue weighted by atomic mass is 9.90. The van der Waals surface area contributed by atoms with Crippen molar-refractivity contribution in [2.45, 2.75) is 31.0 Å². The van der Waals surface area contributed by atoms with E-state index in [4.69, 9.17) is 9.47 Å². The summed E-state index contributed by atoms with van der Waals surface area (Å²) in [6.45, 7) is 5.19. The Balaban J connectivity index is 1.33. The van der Waals surface area contributed by atoms with Gasteiger partial charge in [-0.3, -0.25) is 4.90 Å². The molecule has 0 aliphatic carbocycles. The predicted octanol–water partition coefficient (Wildman–Crippen LogP) is 2.75. The number of rotatable bonds is 6. The van der Waals surface area contributed by atoms with Crippen molar-refractivity contribution in [3.63, 3.8) is 0 Å². The molecule has 6 nitrogen and oxygen atoms in total. The molecule has 180 valence electrons. The number of aryl methyl sites for hydroxylation is 1. The van der Waals surface area contributed by atoms with Gasteiger partial charge in [-0.1, -0.05) is 17.7 Å². The fourth-order valence-corrected chi connectivity index (χ4v) is 4.51. The van der Waals surface area contributed by atoms with Gasteiger partial charge in [-0.05, 0) is 44.0 Å². The number of nitrogens with zero attached hydrogens (tertiary/aromatic N) is 2. The number of anilines is 1. The van der Waals surface area contributed by atoms with E-state index in [9.17, 15) is 19.0 Å². The molecule has 0 saturated carbocycles. The van der Waals surface area contributed by atoms with Crippen molar-refractivity contribution in [1.82, 2.24) is 4.90 Å². The molecule has 0 aromatic heterocycles. The number of halogens is 2. The Kier molecular flexibility index (Phi) is 7.19. The maximum atomic E-state index is 13.4. The van der Waals surface area contributed by atoms with Gasteiger partial charge in [0.15, 0.2) is 11.6 Å². The van der Waals surface area contributed by atoms with Crippen molar-refractivity contribution in [2.75, 3.05) is 57.4 Å². The number of β-amino-alcohol motifs (C(OH)–C–C–N with tert-alkyl or cyclic N) is 2. The van der Waals surface area contributed by atoms with Crippen LogP contribution in [0.15, 0.2) is 42.5 Å². The fourth-order valence-electron chi connectivity index (χ4n) is 4.51. The van der Waals surface area contributed by atoms with Crippen LogP contribution in [-0.4, -0.2) is 78.9 Å². The van der Waals surface area contributed by atoms with E-state index >= 15 is 0 Å². The van der Waals surface area contributed by atoms with Gasteiger partial charge < -0.3 is 24.6 Å². The molecule has 2 aromatic carbocycles. The molecule has 0 amide bonds. The lowest BCUT2D eigenvalue weighted by Crippen LogP contribution is -2.55. The maximum absolute atomic E-state index is 13.4. The van der Waals surface area contributed by atoms with Crippen LogP contribution in [0.2, 0.25) is 0 Å². The summed E-state index contributed by atoms with van der Waals surface area (Å²) >= 11 is 0. The molecule has 2 saturated heterocycles. The first-order valence-electron chi connectivity index (χ1n) is 11.4. The molecule has 2 heterocycles. The summed E-state index contributed by atoms with van der Waals surface area (Å²) in [6.07, 6.45) is 1.25. The summed E-state index contributed by atoms with van der Waals surface area (Å²) < 4.78 is 37.7. The van der Waals surface area contributed by atoms with Gasteiger partial charge in [0.05, 0.1) is 18.8 Å². The Labute approximate surface area is 193 Å². The van der Waals surface area contributed by atoms with Gasteiger partial charge in [-0.15, -0.1) is 0 Å². The van der Waals surface area contributed by atoms with Gasteiger partial charge in [0.2, 0.25) is 0 Å². The minimum absolute atomic E-state index is 0.0623. The van der Waals surface area contributed by atoms with E-state index in [-0.39, 0.29) is 25.5 Å². The van der Waals surface area contributed by atoms with E-state index in [1.54, 1.807) is 0 Å². The minimum Gasteiger partial charge on any atom is -0.490 e. The lowest BCUT2D eigenvalue weighted by molar-refractivity contribution is -0.0743. The van der Waals surface area contributed by atoms with Crippen LogP contribution in [0.4, 0.5) is 14.5 Å². The molecule has 8 heteroatoms. The zero-order valence-electron chi connectivity index (χ0n) is 19.0. The third kappa shape index (κ3) is 6.20. The number of aliphatic hydroxyl groups is 2. The van der Waals surface area contributed by atoms with Crippen LogP contribution in [0.5, 0.6) is 5.75 Å². The second-order valence-corrected chi connectivity index (χ2v) is 9.40. The van der Waals surface area contributed by atoms with Gasteiger partial charge >= 0.3 is 0 Å². The summed E-state index contributed by atoms with van der Waals surface area (Å²) in [4.78, 5) is 4.29. The molecule has 1 atom stereocenters. The monoisotopic (exact) mass is 462 g/mol. The Morgan fingerprint density at radius 2 is 1.70 bits per heavy atom. The second kappa shape index (κ2) is 9.93. The maximum Gasteiger partial charge on any atom is 0.162 e. The molecular formula is C25H32F2N2O4. The molecule has 2 N–H and O–H groups in total. The normalized spacial score (nSPS) is 23.8. The first kappa shape index (κ1) is 23.9. The highest BCUT2D eigenvalue weighted by molar-refractivity contribution is 5.48. The number of hydrogen-bond acceptors (Lipinski definition) is 6. The summed E-state index contributed by atoms with van der Waals surface area (Å²) in [7, 11) is 0. The van der Waals surface area contributed by atoms with E-state index in [1.807, 2.05) is 4.90 Å². The summed E-state index contributed by atoms with van der Waals surface area (Å²) in [5, 5.41) is 22.3. The molecule has 4 rings (SSSR count). The average Bonchev–Trinajstić information content (AvgIpc) is 2.97. The molecule has 2 aromatic rings. The number of piperidine rings is 1. The van der Waals surface area contributed by atoms with Crippen LogP contribution in [0.3, 0.4) is 0 Å². The predicted molar refractivity (Wildman–Crippen MR) is 122 cm³/mol. The van der Waals surface area contributed by atoms with Crippen LogP contribution in [0.1, 0.15) is 18.4 Å². The Hall–Kier alpha value is -2.26. The van der Waals surface area contributed by atoms with Crippen LogP contribution in [-0.2, 0) is 4.74 Å². The van der Waals surface area contributed by atoms with Crippen molar-refractivity contribution >= 4 is 5.69 Å².